The van der Waals surface area contributed by atoms with Crippen molar-refractivity contribution in [1.82, 2.24) is 5.32 Å². The average molecular weight is 308 g/mol. The predicted molar refractivity (Wildman–Crippen MR) is 82.5 cm³/mol. The maximum Gasteiger partial charge on any atom is 0.319 e. The summed E-state index contributed by atoms with van der Waals surface area (Å²) in [5.74, 6) is 0. The van der Waals surface area contributed by atoms with E-state index in [-0.39, 0.29) is 12.6 Å². The number of aliphatic hydroxyl groups is 1. The Balaban J connectivity index is 1.62. The Hall–Kier alpha value is -1.37. The fourth-order valence-corrected chi connectivity index (χ4v) is 4.17. The Morgan fingerprint density at radius 2 is 2.25 bits per heavy atom. The first-order valence-electron chi connectivity index (χ1n) is 6.55. The normalized spacial score (nSPS) is 21.2. The number of carbonyl (C=O) groups is 1. The van der Waals surface area contributed by atoms with Crippen molar-refractivity contribution in [3.05, 3.63) is 39.4 Å². The van der Waals surface area contributed by atoms with Gasteiger partial charge >= 0.3 is 6.03 Å². The third-order valence-corrected chi connectivity index (χ3v) is 5.31. The number of hydrogen-bond donors (Lipinski definition) is 3. The van der Waals surface area contributed by atoms with E-state index in [1.165, 1.54) is 16.2 Å². The van der Waals surface area contributed by atoms with Crippen LogP contribution in [0.4, 0.5) is 9.80 Å². The van der Waals surface area contributed by atoms with Gasteiger partial charge in [0.2, 0.25) is 0 Å². The van der Waals surface area contributed by atoms with Crippen molar-refractivity contribution in [3.8, 4) is 0 Å². The van der Waals surface area contributed by atoms with Crippen LogP contribution in [0.3, 0.4) is 0 Å². The summed E-state index contributed by atoms with van der Waals surface area (Å²) in [7, 11) is 0. The first kappa shape index (κ1) is 13.6. The van der Waals surface area contributed by atoms with Crippen molar-refractivity contribution < 1.29 is 9.90 Å². The Bertz CT molecular complexity index is 594. The van der Waals surface area contributed by atoms with Crippen LogP contribution in [0, 0.1) is 0 Å². The second-order valence-corrected chi connectivity index (χ2v) is 6.88. The second kappa shape index (κ2) is 5.55. The van der Waals surface area contributed by atoms with Crippen molar-refractivity contribution >= 4 is 33.7 Å². The highest BCUT2D eigenvalue weighted by atomic mass is 32.1. The largest absolute Gasteiger partial charge is 0.383 e. The van der Waals surface area contributed by atoms with E-state index >= 15 is 0 Å². The Labute approximate surface area is 125 Å². The molecule has 1 unspecified atom stereocenters. The zero-order valence-corrected chi connectivity index (χ0v) is 12.5. The molecule has 2 aromatic heterocycles. The summed E-state index contributed by atoms with van der Waals surface area (Å²) in [6.07, 6.45) is 2.67. The SMILES string of the molecule is O=C(NCC1(O)CCCc2sccc21)Nc1cccs1. The first-order valence-corrected chi connectivity index (χ1v) is 8.31. The Morgan fingerprint density at radius 3 is 3.05 bits per heavy atom. The minimum atomic E-state index is -0.930. The van der Waals surface area contributed by atoms with Gasteiger partial charge < -0.3 is 10.4 Å². The van der Waals surface area contributed by atoms with Gasteiger partial charge in [0.1, 0.15) is 5.60 Å². The topological polar surface area (TPSA) is 61.4 Å². The van der Waals surface area contributed by atoms with Gasteiger partial charge in [-0.05, 0) is 53.8 Å². The zero-order chi connectivity index (χ0) is 14.0. The van der Waals surface area contributed by atoms with Crippen LogP contribution >= 0.6 is 22.7 Å². The fraction of sp³-hybridized carbons (Fsp3) is 0.357. The number of fused-ring (bicyclic) bond motifs is 1. The molecule has 0 saturated carbocycles. The van der Waals surface area contributed by atoms with Gasteiger partial charge in [0.15, 0.2) is 0 Å². The lowest BCUT2D eigenvalue weighted by molar-refractivity contribution is 0.0229. The average Bonchev–Trinajstić information content (AvgIpc) is 3.08. The van der Waals surface area contributed by atoms with Gasteiger partial charge in [-0.2, -0.15) is 0 Å². The molecule has 0 aromatic carbocycles. The summed E-state index contributed by atoms with van der Waals surface area (Å²) in [5, 5.41) is 21.0. The van der Waals surface area contributed by atoms with Gasteiger partial charge in [-0.3, -0.25) is 5.32 Å². The van der Waals surface area contributed by atoms with Crippen LogP contribution < -0.4 is 10.6 Å². The summed E-state index contributed by atoms with van der Waals surface area (Å²) in [6.45, 7) is 0.244. The third kappa shape index (κ3) is 2.72. The van der Waals surface area contributed by atoms with Crippen LogP contribution in [0.25, 0.3) is 0 Å². The molecule has 0 aliphatic heterocycles. The molecule has 1 aliphatic carbocycles. The molecule has 1 atom stereocenters. The standard InChI is InChI=1S/C14H16N2O2S2/c17-13(16-12-4-2-7-20-12)15-9-14(18)6-1-3-11-10(14)5-8-19-11/h2,4-5,7-8,18H,1,3,6,9H2,(H2,15,16,17). The van der Waals surface area contributed by atoms with Crippen molar-refractivity contribution in [2.24, 2.45) is 0 Å². The molecule has 1 aliphatic rings. The predicted octanol–water partition coefficient (Wildman–Crippen LogP) is 3.16. The summed E-state index contributed by atoms with van der Waals surface area (Å²) < 4.78 is 0. The molecule has 0 radical (unpaired) electrons. The quantitative estimate of drug-likeness (QED) is 0.815. The molecule has 6 heteroatoms. The number of aryl methyl sites for hydroxylation is 1. The van der Waals surface area contributed by atoms with E-state index in [4.69, 9.17) is 0 Å². The number of anilines is 1. The number of nitrogens with one attached hydrogen (secondary N) is 2. The highest BCUT2D eigenvalue weighted by molar-refractivity contribution is 7.14. The maximum absolute atomic E-state index is 11.8. The van der Waals surface area contributed by atoms with Crippen LogP contribution in [0.15, 0.2) is 29.0 Å². The summed E-state index contributed by atoms with van der Waals surface area (Å²) in [5.41, 5.74) is 0.0468. The van der Waals surface area contributed by atoms with Gasteiger partial charge in [-0.1, -0.05) is 0 Å². The molecule has 2 heterocycles. The molecular weight excluding hydrogens is 292 g/mol. The molecule has 3 rings (SSSR count). The monoisotopic (exact) mass is 308 g/mol. The molecule has 0 bridgehead atoms. The molecule has 0 spiro atoms. The van der Waals surface area contributed by atoms with Crippen molar-refractivity contribution in [2.45, 2.75) is 24.9 Å². The van der Waals surface area contributed by atoms with E-state index in [1.54, 1.807) is 11.3 Å². The molecule has 20 heavy (non-hydrogen) atoms. The van der Waals surface area contributed by atoms with E-state index in [9.17, 15) is 9.90 Å². The van der Waals surface area contributed by atoms with Crippen LogP contribution in [0.2, 0.25) is 0 Å². The highest BCUT2D eigenvalue weighted by Crippen LogP contribution is 2.37. The Morgan fingerprint density at radius 1 is 1.35 bits per heavy atom. The van der Waals surface area contributed by atoms with E-state index in [1.807, 2.05) is 29.0 Å². The lowest BCUT2D eigenvalue weighted by atomic mass is 9.83. The second-order valence-electron chi connectivity index (χ2n) is 4.93. The van der Waals surface area contributed by atoms with Gasteiger partial charge in [-0.25, -0.2) is 4.79 Å². The zero-order valence-electron chi connectivity index (χ0n) is 10.9. The number of carbonyl (C=O) groups excluding carboxylic acids is 1. The number of rotatable bonds is 3. The lowest BCUT2D eigenvalue weighted by Crippen LogP contribution is -2.43. The minimum Gasteiger partial charge on any atom is -0.383 e. The smallest absolute Gasteiger partial charge is 0.319 e. The third-order valence-electron chi connectivity index (χ3n) is 3.54. The number of hydrogen-bond acceptors (Lipinski definition) is 4. The number of urea groups is 1. The van der Waals surface area contributed by atoms with Gasteiger partial charge in [0, 0.05) is 4.88 Å². The molecular formula is C14H16N2O2S2. The first-order chi connectivity index (χ1) is 9.67. The minimum absolute atomic E-state index is 0.244. The van der Waals surface area contributed by atoms with Gasteiger partial charge in [-0.15, -0.1) is 22.7 Å². The van der Waals surface area contributed by atoms with Gasteiger partial charge in [0.25, 0.3) is 0 Å². The molecule has 4 nitrogen and oxygen atoms in total. The van der Waals surface area contributed by atoms with Crippen LogP contribution in [-0.2, 0) is 12.0 Å². The van der Waals surface area contributed by atoms with E-state index in [0.29, 0.717) is 6.42 Å². The number of thiophene rings is 2. The van der Waals surface area contributed by atoms with Crippen molar-refractivity contribution in [1.29, 1.82) is 0 Å². The molecule has 2 amide bonds. The Kier molecular flexibility index (Phi) is 3.78. The summed E-state index contributed by atoms with van der Waals surface area (Å²) >= 11 is 3.15. The van der Waals surface area contributed by atoms with E-state index in [0.717, 1.165) is 23.4 Å². The summed E-state index contributed by atoms with van der Waals surface area (Å²) in [6, 6.07) is 5.42. The van der Waals surface area contributed by atoms with Crippen LogP contribution in [-0.4, -0.2) is 17.7 Å². The fourth-order valence-electron chi connectivity index (χ4n) is 2.54. The molecule has 3 N–H and O–H groups in total. The maximum atomic E-state index is 11.8. The van der Waals surface area contributed by atoms with E-state index in [2.05, 4.69) is 10.6 Å². The molecule has 2 aromatic rings. The summed E-state index contributed by atoms with van der Waals surface area (Å²) in [4.78, 5) is 13.1. The van der Waals surface area contributed by atoms with Crippen LogP contribution in [0.5, 0.6) is 0 Å². The van der Waals surface area contributed by atoms with Gasteiger partial charge in [0.05, 0.1) is 11.5 Å². The molecule has 0 saturated heterocycles. The molecule has 0 fully saturated rings. The van der Waals surface area contributed by atoms with E-state index < -0.39 is 5.60 Å². The highest BCUT2D eigenvalue weighted by Gasteiger charge is 2.35. The lowest BCUT2D eigenvalue weighted by Gasteiger charge is -2.32. The molecule has 106 valence electrons. The number of amides is 2. The van der Waals surface area contributed by atoms with Crippen molar-refractivity contribution in [2.75, 3.05) is 11.9 Å². The van der Waals surface area contributed by atoms with Crippen LogP contribution in [0.1, 0.15) is 23.3 Å². The van der Waals surface area contributed by atoms with Crippen molar-refractivity contribution in [3.63, 3.8) is 0 Å².